The Morgan fingerprint density at radius 2 is 2.12 bits per heavy atom. The maximum absolute atomic E-state index is 11.7. The monoisotopic (exact) mass is 118 g/mol. The van der Waals surface area contributed by atoms with Crippen LogP contribution in [0.4, 0.5) is 4.39 Å². The number of rotatable bonds is 3. The van der Waals surface area contributed by atoms with Gasteiger partial charge in [0.25, 0.3) is 0 Å². The maximum atomic E-state index is 11.7. The number of alkyl halides is 1. The van der Waals surface area contributed by atoms with Crippen LogP contribution in [0.15, 0.2) is 0 Å². The summed E-state index contributed by atoms with van der Waals surface area (Å²) < 4.78 is 11.7. The molecule has 0 aliphatic rings. The molecule has 0 saturated heterocycles. The molecule has 1 nitrogen and oxygen atoms in total. The molecule has 1 atom stereocenters. The highest BCUT2D eigenvalue weighted by atomic mass is 19.1. The topological polar surface area (TPSA) is 17.1 Å². The average Bonchev–Trinajstić information content (AvgIpc) is 1.69. The summed E-state index contributed by atoms with van der Waals surface area (Å²) in [5.74, 6) is -0.257. The van der Waals surface area contributed by atoms with Gasteiger partial charge in [-0.2, -0.15) is 0 Å². The fourth-order valence-corrected chi connectivity index (χ4v) is 0.372. The van der Waals surface area contributed by atoms with Crippen molar-refractivity contribution in [3.8, 4) is 0 Å². The Bertz CT molecular complexity index is 70.9. The van der Waals surface area contributed by atoms with E-state index in [2.05, 4.69) is 0 Å². The Labute approximate surface area is 48.9 Å². The van der Waals surface area contributed by atoms with E-state index >= 15 is 0 Å². The van der Waals surface area contributed by atoms with Crippen molar-refractivity contribution in [3.63, 3.8) is 0 Å². The van der Waals surface area contributed by atoms with Crippen molar-refractivity contribution < 1.29 is 9.18 Å². The van der Waals surface area contributed by atoms with Gasteiger partial charge in [0.2, 0.25) is 0 Å². The van der Waals surface area contributed by atoms with E-state index in [1.807, 2.05) is 13.8 Å². The van der Waals surface area contributed by atoms with Crippen LogP contribution in [0.3, 0.4) is 0 Å². The average molecular weight is 118 g/mol. The van der Waals surface area contributed by atoms with Crippen LogP contribution in [0.2, 0.25) is 0 Å². The van der Waals surface area contributed by atoms with E-state index in [4.69, 9.17) is 0 Å². The largest absolute Gasteiger partial charge is 0.303 e. The van der Waals surface area contributed by atoms with E-state index in [9.17, 15) is 9.18 Å². The van der Waals surface area contributed by atoms with Crippen molar-refractivity contribution in [2.24, 2.45) is 11.8 Å². The third kappa shape index (κ3) is 2.05. The summed E-state index contributed by atoms with van der Waals surface area (Å²) in [7, 11) is 0. The summed E-state index contributed by atoms with van der Waals surface area (Å²) in [6.45, 7) is 3.14. The van der Waals surface area contributed by atoms with Gasteiger partial charge in [0.15, 0.2) is 0 Å². The van der Waals surface area contributed by atoms with Gasteiger partial charge in [0, 0.05) is 5.92 Å². The first-order valence-electron chi connectivity index (χ1n) is 2.73. The van der Waals surface area contributed by atoms with E-state index in [-0.39, 0.29) is 5.92 Å². The number of aldehydes is 1. The lowest BCUT2D eigenvalue weighted by atomic mass is 10.00. The summed E-state index contributed by atoms with van der Waals surface area (Å²) in [5, 5.41) is 0. The molecule has 1 unspecified atom stereocenters. The van der Waals surface area contributed by atoms with E-state index in [0.29, 0.717) is 6.29 Å². The predicted octanol–water partition coefficient (Wildman–Crippen LogP) is 1.43. The smallest absolute Gasteiger partial charge is 0.125 e. The van der Waals surface area contributed by atoms with Crippen LogP contribution in [-0.4, -0.2) is 13.0 Å². The summed E-state index contributed by atoms with van der Waals surface area (Å²) in [5.41, 5.74) is 0. The van der Waals surface area contributed by atoms with E-state index in [1.165, 1.54) is 0 Å². The fourth-order valence-electron chi connectivity index (χ4n) is 0.372. The summed E-state index contributed by atoms with van der Waals surface area (Å²) in [6, 6.07) is 0. The molecule has 0 fully saturated rings. The van der Waals surface area contributed by atoms with Gasteiger partial charge < -0.3 is 4.79 Å². The Morgan fingerprint density at radius 3 is 2.12 bits per heavy atom. The van der Waals surface area contributed by atoms with Crippen LogP contribution in [0.25, 0.3) is 0 Å². The molecule has 2 heteroatoms. The SMILES string of the molecule is CC(C)C(C=O)CF. The normalized spacial score (nSPS) is 14.0. The van der Waals surface area contributed by atoms with Crippen molar-refractivity contribution in [2.75, 3.05) is 6.67 Å². The first-order valence-corrected chi connectivity index (χ1v) is 2.73. The Hall–Kier alpha value is -0.400. The maximum Gasteiger partial charge on any atom is 0.125 e. The molecular weight excluding hydrogens is 107 g/mol. The van der Waals surface area contributed by atoms with Crippen LogP contribution in [0.5, 0.6) is 0 Å². The highest BCUT2D eigenvalue weighted by Gasteiger charge is 2.09. The Kier molecular flexibility index (Phi) is 3.40. The van der Waals surface area contributed by atoms with Gasteiger partial charge in [0.05, 0.1) is 6.67 Å². The van der Waals surface area contributed by atoms with Gasteiger partial charge in [-0.15, -0.1) is 0 Å². The molecule has 0 aliphatic carbocycles. The van der Waals surface area contributed by atoms with Crippen LogP contribution >= 0.6 is 0 Å². The van der Waals surface area contributed by atoms with E-state index in [1.54, 1.807) is 0 Å². The van der Waals surface area contributed by atoms with Crippen LogP contribution in [0, 0.1) is 11.8 Å². The lowest BCUT2D eigenvalue weighted by Crippen LogP contribution is -2.11. The minimum Gasteiger partial charge on any atom is -0.303 e. The van der Waals surface area contributed by atoms with Gasteiger partial charge >= 0.3 is 0 Å². The number of hydrogen-bond donors (Lipinski definition) is 0. The molecule has 0 radical (unpaired) electrons. The Morgan fingerprint density at radius 1 is 1.62 bits per heavy atom. The van der Waals surface area contributed by atoms with Crippen molar-refractivity contribution in [3.05, 3.63) is 0 Å². The quantitative estimate of drug-likeness (QED) is 0.512. The van der Waals surface area contributed by atoms with Gasteiger partial charge in [-0.05, 0) is 5.92 Å². The van der Waals surface area contributed by atoms with Gasteiger partial charge in [-0.3, -0.25) is 4.39 Å². The fraction of sp³-hybridized carbons (Fsp3) is 0.833. The van der Waals surface area contributed by atoms with Crippen molar-refractivity contribution in [1.82, 2.24) is 0 Å². The molecule has 0 aromatic carbocycles. The standard InChI is InChI=1S/C6H11FO/c1-5(2)6(3-7)4-8/h4-6H,3H2,1-2H3. The minimum absolute atomic E-state index is 0.137. The van der Waals surface area contributed by atoms with Crippen molar-refractivity contribution in [1.29, 1.82) is 0 Å². The second-order valence-electron chi connectivity index (χ2n) is 2.20. The number of halogens is 1. The molecule has 8 heavy (non-hydrogen) atoms. The van der Waals surface area contributed by atoms with Crippen molar-refractivity contribution in [2.45, 2.75) is 13.8 Å². The third-order valence-electron chi connectivity index (χ3n) is 1.21. The molecule has 0 aliphatic heterocycles. The third-order valence-corrected chi connectivity index (χ3v) is 1.21. The van der Waals surface area contributed by atoms with Crippen LogP contribution in [0.1, 0.15) is 13.8 Å². The molecule has 0 heterocycles. The molecule has 0 spiro atoms. The minimum atomic E-state index is -0.527. The first kappa shape index (κ1) is 7.60. The number of carbonyl (C=O) groups is 1. The van der Waals surface area contributed by atoms with Gasteiger partial charge in [-0.25, -0.2) is 0 Å². The molecule has 0 rings (SSSR count). The van der Waals surface area contributed by atoms with Gasteiger partial charge in [-0.1, -0.05) is 13.8 Å². The lowest BCUT2D eigenvalue weighted by molar-refractivity contribution is -0.112. The first-order chi connectivity index (χ1) is 3.72. The van der Waals surface area contributed by atoms with Crippen molar-refractivity contribution >= 4 is 6.29 Å². The van der Waals surface area contributed by atoms with Gasteiger partial charge in [0.1, 0.15) is 6.29 Å². The molecule has 0 amide bonds. The zero-order valence-corrected chi connectivity index (χ0v) is 5.23. The molecule has 0 aromatic heterocycles. The second-order valence-corrected chi connectivity index (χ2v) is 2.20. The molecular formula is C6H11FO. The molecule has 48 valence electrons. The lowest BCUT2D eigenvalue weighted by Gasteiger charge is -2.07. The highest BCUT2D eigenvalue weighted by Crippen LogP contribution is 2.06. The summed E-state index contributed by atoms with van der Waals surface area (Å²) in [4.78, 5) is 9.94. The molecule has 0 aromatic rings. The van der Waals surface area contributed by atoms with Crippen LogP contribution in [-0.2, 0) is 4.79 Å². The van der Waals surface area contributed by atoms with E-state index < -0.39 is 12.6 Å². The zero-order chi connectivity index (χ0) is 6.57. The van der Waals surface area contributed by atoms with E-state index in [0.717, 1.165) is 0 Å². The van der Waals surface area contributed by atoms with Crippen LogP contribution < -0.4 is 0 Å². The number of carbonyl (C=O) groups excluding carboxylic acids is 1. The second kappa shape index (κ2) is 3.58. The number of hydrogen-bond acceptors (Lipinski definition) is 1. The molecule has 0 saturated carbocycles. The molecule has 0 bridgehead atoms. The molecule has 0 N–H and O–H groups in total. The highest BCUT2D eigenvalue weighted by molar-refractivity contribution is 5.53. The zero-order valence-electron chi connectivity index (χ0n) is 5.23. The summed E-state index contributed by atoms with van der Waals surface area (Å²) in [6.07, 6.45) is 0.671. The Balaban J connectivity index is 3.51. The predicted molar refractivity (Wildman–Crippen MR) is 30.4 cm³/mol. The summed E-state index contributed by atoms with van der Waals surface area (Å²) >= 11 is 0.